The van der Waals surface area contributed by atoms with Crippen molar-refractivity contribution in [3.05, 3.63) is 68.9 Å². The van der Waals surface area contributed by atoms with Gasteiger partial charge in [-0.2, -0.15) is 0 Å². The van der Waals surface area contributed by atoms with Gasteiger partial charge in [0.2, 0.25) is 0 Å². The summed E-state index contributed by atoms with van der Waals surface area (Å²) in [7, 11) is 0. The van der Waals surface area contributed by atoms with Gasteiger partial charge in [0, 0.05) is 0 Å². The fourth-order valence-electron chi connectivity index (χ4n) is 2.08. The fraction of sp³-hybridized carbons (Fsp3) is 0.0625. The normalized spacial score (nSPS) is 9.24. The van der Waals surface area contributed by atoms with E-state index < -0.39 is 0 Å². The van der Waals surface area contributed by atoms with E-state index in [1.54, 1.807) is 0 Å². The van der Waals surface area contributed by atoms with Crippen LogP contribution < -0.4 is 0 Å². The number of hydrogen-bond donors (Lipinski definition) is 0. The Morgan fingerprint density at radius 2 is 1.47 bits per heavy atom. The largest absolute Gasteiger partial charge is 3.00 e. The zero-order valence-electron chi connectivity index (χ0n) is 10.6. The third-order valence-electron chi connectivity index (χ3n) is 2.77. The molecule has 17 heavy (non-hydrogen) atoms. The molecule has 0 spiro atoms. The van der Waals surface area contributed by atoms with Crippen molar-refractivity contribution in [1.82, 2.24) is 0 Å². The van der Waals surface area contributed by atoms with Gasteiger partial charge >= 0.3 is 26.2 Å². The summed E-state index contributed by atoms with van der Waals surface area (Å²) >= 11 is 0. The molecule has 3 rings (SSSR count). The Bertz CT molecular complexity index is 605. The van der Waals surface area contributed by atoms with Gasteiger partial charge in [-0.25, -0.2) is 0 Å². The van der Waals surface area contributed by atoms with Gasteiger partial charge in [0.1, 0.15) is 0 Å². The van der Waals surface area contributed by atoms with E-state index in [-0.39, 0.29) is 41.1 Å². The van der Waals surface area contributed by atoms with Crippen molar-refractivity contribution in [2.45, 2.75) is 6.92 Å². The first-order valence-corrected chi connectivity index (χ1v) is 4.89. The summed E-state index contributed by atoms with van der Waals surface area (Å²) in [5, 5.41) is 5.42. The minimum absolute atomic E-state index is 0. The fourth-order valence-corrected chi connectivity index (χ4v) is 2.08. The molecule has 1 heteroatoms. The number of hydrogen-bond acceptors (Lipinski definition) is 0. The van der Waals surface area contributed by atoms with Gasteiger partial charge in [-0.05, 0) is 6.92 Å². The third-order valence-corrected chi connectivity index (χ3v) is 2.77. The Morgan fingerprint density at radius 1 is 0.824 bits per heavy atom. The van der Waals surface area contributed by atoms with E-state index >= 15 is 0 Å². The average Bonchev–Trinajstić information content (AvgIpc) is 2.54. The van der Waals surface area contributed by atoms with Gasteiger partial charge in [-0.1, -0.05) is 35.9 Å². The smallest absolute Gasteiger partial charge is 0.358 e. The second kappa shape index (κ2) is 6.21. The van der Waals surface area contributed by atoms with Crippen LogP contribution in [0.25, 0.3) is 21.5 Å². The van der Waals surface area contributed by atoms with Gasteiger partial charge in [0.05, 0.1) is 0 Å². The molecule has 85 valence electrons. The van der Waals surface area contributed by atoms with Crippen LogP contribution in [-0.2, 0) is 26.2 Å². The van der Waals surface area contributed by atoms with Crippen LogP contribution in [-0.4, -0.2) is 0 Å². The van der Waals surface area contributed by atoms with Crippen LogP contribution in [0.1, 0.15) is 5.56 Å². The monoisotopic (exact) mass is 299 g/mol. The van der Waals surface area contributed by atoms with Crippen molar-refractivity contribution in [1.29, 1.82) is 0 Å². The second-order valence-electron chi connectivity index (χ2n) is 3.82. The minimum atomic E-state index is 0. The van der Waals surface area contributed by atoms with E-state index in [0.717, 1.165) is 0 Å². The van der Waals surface area contributed by atoms with Crippen LogP contribution >= 0.6 is 0 Å². The molecule has 0 amide bonds. The summed E-state index contributed by atoms with van der Waals surface area (Å²) < 4.78 is 0. The van der Waals surface area contributed by atoms with Crippen molar-refractivity contribution >= 4 is 21.5 Å². The molecule has 0 heterocycles. The summed E-state index contributed by atoms with van der Waals surface area (Å²) in [6, 6.07) is 17.4. The van der Waals surface area contributed by atoms with Gasteiger partial charge in [-0.3, -0.25) is 0 Å². The Morgan fingerprint density at radius 3 is 2.24 bits per heavy atom. The van der Waals surface area contributed by atoms with Crippen molar-refractivity contribution in [2.24, 2.45) is 0 Å². The van der Waals surface area contributed by atoms with Gasteiger partial charge in [-0.15, -0.1) is 39.7 Å². The predicted molar refractivity (Wildman–Crippen MR) is 74.6 cm³/mol. The van der Waals surface area contributed by atoms with Gasteiger partial charge < -0.3 is 14.9 Å². The molecule has 3 aromatic rings. The molecule has 0 N–H and O–H groups in total. The number of rotatable bonds is 0. The molecule has 0 aliphatic rings. The molecule has 3 aromatic carbocycles. The second-order valence-corrected chi connectivity index (χ2v) is 3.82. The molecule has 0 aliphatic heterocycles. The SMILES string of the molecule is Cc1ccc2c(c1)[cH-]c1ccccc12.[CH3-].[CH3-].[Zr+3]. The zero-order chi connectivity index (χ0) is 9.54. The molecule has 0 bridgehead atoms. The van der Waals surface area contributed by atoms with Crippen molar-refractivity contribution < 1.29 is 26.2 Å². The molecule has 0 unspecified atom stereocenters. The number of fused-ring (bicyclic) bond motifs is 3. The third kappa shape index (κ3) is 2.72. The molecule has 0 saturated heterocycles. The summed E-state index contributed by atoms with van der Waals surface area (Å²) in [6.45, 7) is 2.14. The van der Waals surface area contributed by atoms with E-state index in [1.165, 1.54) is 27.1 Å². The van der Waals surface area contributed by atoms with Crippen LogP contribution in [0.5, 0.6) is 0 Å². The Hall–Kier alpha value is -0.807. The quantitative estimate of drug-likeness (QED) is 0.517. The van der Waals surface area contributed by atoms with Crippen molar-refractivity contribution in [3.8, 4) is 0 Å². The summed E-state index contributed by atoms with van der Waals surface area (Å²) in [4.78, 5) is 0. The summed E-state index contributed by atoms with van der Waals surface area (Å²) in [5.41, 5.74) is 1.33. The van der Waals surface area contributed by atoms with Crippen LogP contribution in [0, 0.1) is 21.8 Å². The van der Waals surface area contributed by atoms with Gasteiger partial charge in [0.25, 0.3) is 0 Å². The van der Waals surface area contributed by atoms with Crippen LogP contribution in [0.2, 0.25) is 0 Å². The van der Waals surface area contributed by atoms with Crippen molar-refractivity contribution in [2.75, 3.05) is 0 Å². The molecule has 0 atom stereocenters. The maximum absolute atomic E-state index is 2.26. The van der Waals surface area contributed by atoms with Crippen LogP contribution in [0.3, 0.4) is 0 Å². The van der Waals surface area contributed by atoms with Gasteiger partial charge in [0.15, 0.2) is 0 Å². The molecular weight excluding hydrogens is 283 g/mol. The Labute approximate surface area is 123 Å². The molecular formula is C16H17Zr. The molecule has 0 nitrogen and oxygen atoms in total. The van der Waals surface area contributed by atoms with E-state index in [4.69, 9.17) is 0 Å². The summed E-state index contributed by atoms with van der Waals surface area (Å²) in [5.74, 6) is 0. The van der Waals surface area contributed by atoms with E-state index in [9.17, 15) is 0 Å². The Kier molecular flexibility index (Phi) is 5.92. The van der Waals surface area contributed by atoms with Crippen LogP contribution in [0.15, 0.2) is 48.5 Å². The first-order valence-electron chi connectivity index (χ1n) is 4.89. The van der Waals surface area contributed by atoms with E-state index in [1.807, 2.05) is 0 Å². The average molecular weight is 301 g/mol. The van der Waals surface area contributed by atoms with Crippen LogP contribution in [0.4, 0.5) is 0 Å². The van der Waals surface area contributed by atoms with E-state index in [0.29, 0.717) is 0 Å². The van der Waals surface area contributed by atoms with E-state index in [2.05, 4.69) is 55.5 Å². The predicted octanol–water partition coefficient (Wildman–Crippen LogP) is 4.92. The first kappa shape index (κ1) is 16.2. The Balaban J connectivity index is 0.000000853. The molecule has 1 radical (unpaired) electrons. The molecule has 0 aromatic heterocycles. The molecule has 0 fully saturated rings. The maximum Gasteiger partial charge on any atom is 3.00 e. The first-order chi connectivity index (χ1) is 6.84. The summed E-state index contributed by atoms with van der Waals surface area (Å²) in [6.07, 6.45) is 0. The number of benzene rings is 2. The van der Waals surface area contributed by atoms with Crippen molar-refractivity contribution in [3.63, 3.8) is 0 Å². The minimum Gasteiger partial charge on any atom is -0.358 e. The molecule has 0 saturated carbocycles. The maximum atomic E-state index is 2.26. The standard InChI is InChI=1S/C14H11.2CH3.Zr/c1-10-6-7-14-12(8-10)9-11-4-2-3-5-13(11)14;;;/h2-9H,1H3;2*1H3;/q3*-1;+3. The topological polar surface area (TPSA) is 0 Å². The number of aryl methyl sites for hydroxylation is 1. The molecule has 0 aliphatic carbocycles. The zero-order valence-corrected chi connectivity index (χ0v) is 13.1.